The van der Waals surface area contributed by atoms with Crippen molar-refractivity contribution in [2.75, 3.05) is 0 Å². The molecule has 0 radical (unpaired) electrons. The van der Waals surface area contributed by atoms with Gasteiger partial charge >= 0.3 is 0 Å². The fourth-order valence-electron chi connectivity index (χ4n) is 6.42. The molecular formula is C43H27N3S. The molecule has 0 amide bonds. The maximum absolute atomic E-state index is 5.00. The maximum Gasteiger partial charge on any atom is 0.164 e. The quantitative estimate of drug-likeness (QED) is 0.193. The Bertz CT molecular complexity index is 2540. The highest BCUT2D eigenvalue weighted by atomic mass is 32.1. The monoisotopic (exact) mass is 617 g/mol. The third-order valence-electron chi connectivity index (χ3n) is 8.76. The number of hydrogen-bond donors (Lipinski definition) is 0. The Morgan fingerprint density at radius 3 is 1.47 bits per heavy atom. The molecule has 0 saturated heterocycles. The minimum absolute atomic E-state index is 0.651. The Balaban J connectivity index is 1.14. The van der Waals surface area contributed by atoms with E-state index < -0.39 is 0 Å². The lowest BCUT2D eigenvalue weighted by Gasteiger charge is -2.10. The van der Waals surface area contributed by atoms with Gasteiger partial charge in [-0.05, 0) is 45.2 Å². The highest BCUT2D eigenvalue weighted by Gasteiger charge is 2.16. The Morgan fingerprint density at radius 1 is 0.319 bits per heavy atom. The molecule has 0 aliphatic carbocycles. The molecule has 0 unspecified atom stereocenters. The Morgan fingerprint density at radius 2 is 0.809 bits per heavy atom. The summed E-state index contributed by atoms with van der Waals surface area (Å²) in [6.07, 6.45) is 0. The van der Waals surface area contributed by atoms with Gasteiger partial charge in [0.15, 0.2) is 17.5 Å². The number of nitrogens with zero attached hydrogens (tertiary/aromatic N) is 3. The summed E-state index contributed by atoms with van der Waals surface area (Å²) in [6.45, 7) is 0. The molecule has 0 N–H and O–H groups in total. The van der Waals surface area contributed by atoms with E-state index in [9.17, 15) is 0 Å². The average Bonchev–Trinajstić information content (AvgIpc) is 3.55. The van der Waals surface area contributed by atoms with Gasteiger partial charge in [-0.3, -0.25) is 0 Å². The second-order valence-corrected chi connectivity index (χ2v) is 12.7. The number of hydrogen-bond acceptors (Lipinski definition) is 4. The van der Waals surface area contributed by atoms with Crippen LogP contribution >= 0.6 is 11.3 Å². The number of fused-ring (bicyclic) bond motifs is 5. The van der Waals surface area contributed by atoms with Gasteiger partial charge in [0.05, 0.1) is 0 Å². The van der Waals surface area contributed by atoms with E-state index in [4.69, 9.17) is 15.0 Å². The van der Waals surface area contributed by atoms with Crippen LogP contribution < -0.4 is 0 Å². The van der Waals surface area contributed by atoms with Gasteiger partial charge in [-0.1, -0.05) is 152 Å². The van der Waals surface area contributed by atoms with Crippen LogP contribution in [0.15, 0.2) is 164 Å². The minimum Gasteiger partial charge on any atom is -0.208 e. The first-order valence-corrected chi connectivity index (χ1v) is 16.5. The molecule has 2 heterocycles. The predicted octanol–water partition coefficient (Wildman–Crippen LogP) is 11.7. The van der Waals surface area contributed by atoms with Crippen molar-refractivity contribution < 1.29 is 0 Å². The first-order chi connectivity index (χ1) is 23.3. The van der Waals surface area contributed by atoms with Gasteiger partial charge < -0.3 is 0 Å². The van der Waals surface area contributed by atoms with Gasteiger partial charge in [-0.2, -0.15) is 0 Å². The van der Waals surface area contributed by atoms with Gasteiger partial charge in [0.1, 0.15) is 0 Å². The van der Waals surface area contributed by atoms with E-state index in [0.29, 0.717) is 17.5 Å². The summed E-state index contributed by atoms with van der Waals surface area (Å²) in [6, 6.07) is 57.4. The lowest BCUT2D eigenvalue weighted by atomic mass is 9.96. The zero-order valence-electron chi connectivity index (χ0n) is 25.3. The van der Waals surface area contributed by atoms with E-state index in [0.717, 1.165) is 22.3 Å². The van der Waals surface area contributed by atoms with Crippen molar-refractivity contribution in [3.63, 3.8) is 0 Å². The fourth-order valence-corrected chi connectivity index (χ4v) is 7.57. The molecule has 0 fully saturated rings. The van der Waals surface area contributed by atoms with Gasteiger partial charge in [-0.25, -0.2) is 15.0 Å². The number of benzene rings is 7. The Labute approximate surface area is 276 Å². The third kappa shape index (κ3) is 4.96. The molecule has 0 saturated carbocycles. The molecule has 47 heavy (non-hydrogen) atoms. The summed E-state index contributed by atoms with van der Waals surface area (Å²) in [5.41, 5.74) is 7.59. The van der Waals surface area contributed by atoms with Gasteiger partial charge in [-0.15, -0.1) is 11.3 Å². The van der Waals surface area contributed by atoms with Gasteiger partial charge in [0, 0.05) is 36.9 Å². The summed E-state index contributed by atoms with van der Waals surface area (Å²) in [5, 5.41) is 5.20. The SMILES string of the molecule is c1ccc(-c2ccc(-c3nc(-c4ccccc4)nc(-c4ccc(-c5cccc6sc7ccc8ccccc8c7c56)cc4)n3)cc2)cc1. The molecule has 0 bridgehead atoms. The van der Waals surface area contributed by atoms with Crippen molar-refractivity contribution >= 4 is 42.3 Å². The highest BCUT2D eigenvalue weighted by molar-refractivity contribution is 7.26. The third-order valence-corrected chi connectivity index (χ3v) is 9.88. The van der Waals surface area contributed by atoms with Crippen LogP contribution in [-0.4, -0.2) is 15.0 Å². The normalized spacial score (nSPS) is 11.4. The molecule has 220 valence electrons. The largest absolute Gasteiger partial charge is 0.208 e. The smallest absolute Gasteiger partial charge is 0.164 e. The molecule has 0 spiro atoms. The predicted molar refractivity (Wildman–Crippen MR) is 197 cm³/mol. The molecule has 4 heteroatoms. The van der Waals surface area contributed by atoms with Crippen LogP contribution in [0.25, 0.3) is 87.4 Å². The molecule has 0 atom stereocenters. The van der Waals surface area contributed by atoms with E-state index >= 15 is 0 Å². The standard InChI is InChI=1S/C43H27N3S/c1-3-10-28(11-4-1)29-18-22-33(23-19-29)42-44-41(32-13-5-2-6-14-32)45-43(46-42)34-24-20-31(21-25-34)36-16-9-17-37-39(36)40-35-15-8-7-12-30(35)26-27-38(40)47-37/h1-27H. The summed E-state index contributed by atoms with van der Waals surface area (Å²) in [5.74, 6) is 1.96. The van der Waals surface area contributed by atoms with Crippen molar-refractivity contribution in [1.29, 1.82) is 0 Å². The van der Waals surface area contributed by atoms with Gasteiger partial charge in [0.2, 0.25) is 0 Å². The second-order valence-electron chi connectivity index (χ2n) is 11.6. The van der Waals surface area contributed by atoms with E-state index in [1.165, 1.54) is 47.6 Å². The number of thiophene rings is 1. The number of aromatic nitrogens is 3. The summed E-state index contributed by atoms with van der Waals surface area (Å²) in [7, 11) is 0. The highest BCUT2D eigenvalue weighted by Crippen LogP contribution is 2.43. The molecular weight excluding hydrogens is 591 g/mol. The maximum atomic E-state index is 5.00. The van der Waals surface area contributed by atoms with E-state index in [1.54, 1.807) is 0 Å². The summed E-state index contributed by atoms with van der Waals surface area (Å²) >= 11 is 1.86. The Hall–Kier alpha value is -5.97. The van der Waals surface area contributed by atoms with Crippen molar-refractivity contribution in [2.24, 2.45) is 0 Å². The van der Waals surface area contributed by atoms with Crippen molar-refractivity contribution in [3.8, 4) is 56.4 Å². The van der Waals surface area contributed by atoms with E-state index in [-0.39, 0.29) is 0 Å². The van der Waals surface area contributed by atoms with Gasteiger partial charge in [0.25, 0.3) is 0 Å². The molecule has 0 aliphatic rings. The van der Waals surface area contributed by atoms with Crippen LogP contribution in [-0.2, 0) is 0 Å². The molecule has 9 rings (SSSR count). The van der Waals surface area contributed by atoms with E-state index in [2.05, 4.69) is 127 Å². The van der Waals surface area contributed by atoms with Crippen LogP contribution in [0.5, 0.6) is 0 Å². The first-order valence-electron chi connectivity index (χ1n) is 15.7. The molecule has 2 aromatic heterocycles. The lowest BCUT2D eigenvalue weighted by molar-refractivity contribution is 1.07. The molecule has 7 aromatic carbocycles. The number of rotatable bonds is 5. The molecule has 0 aliphatic heterocycles. The van der Waals surface area contributed by atoms with Crippen LogP contribution in [0.4, 0.5) is 0 Å². The average molecular weight is 618 g/mol. The first kappa shape index (κ1) is 27.3. The fraction of sp³-hybridized carbons (Fsp3) is 0. The minimum atomic E-state index is 0.651. The van der Waals surface area contributed by atoms with Crippen molar-refractivity contribution in [2.45, 2.75) is 0 Å². The van der Waals surface area contributed by atoms with Crippen LogP contribution in [0.3, 0.4) is 0 Å². The van der Waals surface area contributed by atoms with Crippen LogP contribution in [0.2, 0.25) is 0 Å². The van der Waals surface area contributed by atoms with Crippen molar-refractivity contribution in [3.05, 3.63) is 164 Å². The lowest BCUT2D eigenvalue weighted by Crippen LogP contribution is -2.00. The molecule has 9 aromatic rings. The van der Waals surface area contributed by atoms with Crippen LogP contribution in [0.1, 0.15) is 0 Å². The van der Waals surface area contributed by atoms with E-state index in [1.807, 2.05) is 47.7 Å². The zero-order valence-corrected chi connectivity index (χ0v) is 26.2. The summed E-state index contributed by atoms with van der Waals surface area (Å²) in [4.78, 5) is 14.9. The van der Waals surface area contributed by atoms with Crippen molar-refractivity contribution in [1.82, 2.24) is 15.0 Å². The van der Waals surface area contributed by atoms with Crippen LogP contribution in [0, 0.1) is 0 Å². The zero-order chi connectivity index (χ0) is 31.2. The Kier molecular flexibility index (Phi) is 6.65. The molecule has 3 nitrogen and oxygen atoms in total. The topological polar surface area (TPSA) is 38.7 Å². The second kappa shape index (κ2) is 11.4. The summed E-state index contributed by atoms with van der Waals surface area (Å²) < 4.78 is 2.61.